The maximum Gasteiger partial charge on any atom is 0.0244 e. The van der Waals surface area contributed by atoms with Crippen LogP contribution in [0.1, 0.15) is 36.6 Å². The summed E-state index contributed by atoms with van der Waals surface area (Å²) in [5.74, 6) is 0.793. The first kappa shape index (κ1) is 13.1. The molecule has 96 valence electrons. The molecule has 3 heteroatoms. The van der Waals surface area contributed by atoms with E-state index in [0.29, 0.717) is 0 Å². The van der Waals surface area contributed by atoms with Gasteiger partial charge in [-0.05, 0) is 61.7 Å². The SMILES string of the molecule is CC(CCN)CCCN1CCc2sccc2C1. The van der Waals surface area contributed by atoms with Gasteiger partial charge in [-0.1, -0.05) is 6.92 Å². The summed E-state index contributed by atoms with van der Waals surface area (Å²) < 4.78 is 0. The molecule has 1 unspecified atom stereocenters. The third kappa shape index (κ3) is 3.80. The molecule has 1 aromatic heterocycles. The van der Waals surface area contributed by atoms with E-state index in [1.807, 2.05) is 11.3 Å². The van der Waals surface area contributed by atoms with Crippen molar-refractivity contribution in [2.75, 3.05) is 19.6 Å². The second kappa shape index (κ2) is 6.53. The molecule has 1 atom stereocenters. The highest BCUT2D eigenvalue weighted by Gasteiger charge is 2.16. The molecule has 2 nitrogen and oxygen atoms in total. The minimum Gasteiger partial charge on any atom is -0.330 e. The monoisotopic (exact) mass is 252 g/mol. The van der Waals surface area contributed by atoms with E-state index in [0.717, 1.165) is 12.5 Å². The Morgan fingerprint density at radius 1 is 1.47 bits per heavy atom. The predicted octanol–water partition coefficient (Wildman–Crippen LogP) is 2.87. The summed E-state index contributed by atoms with van der Waals surface area (Å²) in [5, 5.41) is 2.23. The van der Waals surface area contributed by atoms with Crippen LogP contribution in [0, 0.1) is 5.92 Å². The first-order chi connectivity index (χ1) is 8.29. The Morgan fingerprint density at radius 2 is 2.35 bits per heavy atom. The number of rotatable bonds is 6. The average Bonchev–Trinajstić information content (AvgIpc) is 2.76. The minimum atomic E-state index is 0.793. The Bertz CT molecular complexity index is 335. The van der Waals surface area contributed by atoms with E-state index in [-0.39, 0.29) is 0 Å². The van der Waals surface area contributed by atoms with Gasteiger partial charge in [-0.15, -0.1) is 11.3 Å². The zero-order valence-electron chi connectivity index (χ0n) is 10.8. The van der Waals surface area contributed by atoms with E-state index in [4.69, 9.17) is 5.73 Å². The van der Waals surface area contributed by atoms with Crippen molar-refractivity contribution >= 4 is 11.3 Å². The lowest BCUT2D eigenvalue weighted by molar-refractivity contribution is 0.244. The minimum absolute atomic E-state index is 0.793. The number of hydrogen-bond donors (Lipinski definition) is 1. The Kier molecular flexibility index (Phi) is 5.01. The normalized spacial score (nSPS) is 18.0. The number of hydrogen-bond acceptors (Lipinski definition) is 3. The fraction of sp³-hybridized carbons (Fsp3) is 0.714. The van der Waals surface area contributed by atoms with Gasteiger partial charge in [0, 0.05) is 18.0 Å². The van der Waals surface area contributed by atoms with Crippen molar-refractivity contribution in [3.63, 3.8) is 0 Å². The Balaban J connectivity index is 1.68. The molecule has 0 aliphatic carbocycles. The second-order valence-corrected chi connectivity index (χ2v) is 6.22. The van der Waals surface area contributed by atoms with Gasteiger partial charge >= 0.3 is 0 Å². The van der Waals surface area contributed by atoms with E-state index < -0.39 is 0 Å². The van der Waals surface area contributed by atoms with E-state index in [9.17, 15) is 0 Å². The molecular weight excluding hydrogens is 228 g/mol. The summed E-state index contributed by atoms with van der Waals surface area (Å²) >= 11 is 1.92. The van der Waals surface area contributed by atoms with Gasteiger partial charge < -0.3 is 5.73 Å². The zero-order chi connectivity index (χ0) is 12.1. The Labute approximate surface area is 109 Å². The molecule has 0 bridgehead atoms. The first-order valence-corrected chi connectivity index (χ1v) is 7.65. The third-order valence-corrected chi connectivity index (χ3v) is 4.74. The van der Waals surface area contributed by atoms with Crippen LogP contribution < -0.4 is 5.73 Å². The molecule has 2 heterocycles. The van der Waals surface area contributed by atoms with Crippen molar-refractivity contribution in [2.24, 2.45) is 11.7 Å². The van der Waals surface area contributed by atoms with Crippen molar-refractivity contribution in [3.8, 4) is 0 Å². The van der Waals surface area contributed by atoms with Gasteiger partial charge in [-0.3, -0.25) is 4.90 Å². The van der Waals surface area contributed by atoms with Crippen molar-refractivity contribution in [1.82, 2.24) is 4.90 Å². The molecular formula is C14H24N2S. The highest BCUT2D eigenvalue weighted by Crippen LogP contribution is 2.24. The quantitative estimate of drug-likeness (QED) is 0.843. The van der Waals surface area contributed by atoms with Crippen LogP contribution >= 0.6 is 11.3 Å². The van der Waals surface area contributed by atoms with Crippen molar-refractivity contribution in [2.45, 2.75) is 39.2 Å². The summed E-state index contributed by atoms with van der Waals surface area (Å²) in [7, 11) is 0. The van der Waals surface area contributed by atoms with Crippen LogP contribution in [0.25, 0.3) is 0 Å². The molecule has 0 saturated carbocycles. The third-order valence-electron chi connectivity index (χ3n) is 3.72. The molecule has 0 fully saturated rings. The van der Waals surface area contributed by atoms with Crippen LogP contribution in [0.5, 0.6) is 0 Å². The van der Waals surface area contributed by atoms with E-state index in [1.165, 1.54) is 45.3 Å². The molecule has 1 aliphatic heterocycles. The van der Waals surface area contributed by atoms with Crippen molar-refractivity contribution < 1.29 is 0 Å². The van der Waals surface area contributed by atoms with Gasteiger partial charge in [0.05, 0.1) is 0 Å². The molecule has 0 amide bonds. The van der Waals surface area contributed by atoms with Gasteiger partial charge in [0.15, 0.2) is 0 Å². The molecule has 0 radical (unpaired) electrons. The van der Waals surface area contributed by atoms with Gasteiger partial charge in [-0.2, -0.15) is 0 Å². The lowest BCUT2D eigenvalue weighted by Gasteiger charge is -2.27. The molecule has 2 rings (SSSR count). The van der Waals surface area contributed by atoms with Gasteiger partial charge in [0.2, 0.25) is 0 Å². The van der Waals surface area contributed by atoms with Crippen LogP contribution in [0.15, 0.2) is 11.4 Å². The first-order valence-electron chi connectivity index (χ1n) is 6.77. The Hall–Kier alpha value is -0.380. The molecule has 1 aromatic rings. The number of nitrogens with zero attached hydrogens (tertiary/aromatic N) is 1. The molecule has 2 N–H and O–H groups in total. The summed E-state index contributed by atoms with van der Waals surface area (Å²) in [4.78, 5) is 4.21. The lowest BCUT2D eigenvalue weighted by atomic mass is 10.0. The number of thiophene rings is 1. The van der Waals surface area contributed by atoms with E-state index in [1.54, 1.807) is 10.4 Å². The fourth-order valence-electron chi connectivity index (χ4n) is 2.59. The molecule has 1 aliphatic rings. The summed E-state index contributed by atoms with van der Waals surface area (Å²) in [5.41, 5.74) is 7.14. The zero-order valence-corrected chi connectivity index (χ0v) is 11.6. The standard InChI is InChI=1S/C14H24N2S/c1-12(4-7-15)3-2-8-16-9-5-14-13(11-16)6-10-17-14/h6,10,12H,2-5,7-9,11,15H2,1H3. The van der Waals surface area contributed by atoms with Crippen LogP contribution in [-0.4, -0.2) is 24.5 Å². The van der Waals surface area contributed by atoms with Gasteiger partial charge in [-0.25, -0.2) is 0 Å². The van der Waals surface area contributed by atoms with Crippen LogP contribution in [-0.2, 0) is 13.0 Å². The van der Waals surface area contributed by atoms with E-state index >= 15 is 0 Å². The lowest BCUT2D eigenvalue weighted by Crippen LogP contribution is -2.30. The predicted molar refractivity (Wildman–Crippen MR) is 75.4 cm³/mol. The summed E-state index contributed by atoms with van der Waals surface area (Å²) in [6.45, 7) is 6.83. The topological polar surface area (TPSA) is 29.3 Å². The second-order valence-electron chi connectivity index (χ2n) is 5.22. The fourth-order valence-corrected chi connectivity index (χ4v) is 3.48. The van der Waals surface area contributed by atoms with Gasteiger partial charge in [0.1, 0.15) is 0 Å². The summed E-state index contributed by atoms with van der Waals surface area (Å²) in [6.07, 6.45) is 5.07. The van der Waals surface area contributed by atoms with Crippen molar-refractivity contribution in [1.29, 1.82) is 0 Å². The average molecular weight is 252 g/mol. The molecule has 17 heavy (non-hydrogen) atoms. The molecule has 0 aromatic carbocycles. The van der Waals surface area contributed by atoms with Crippen molar-refractivity contribution in [3.05, 3.63) is 21.9 Å². The molecule has 0 spiro atoms. The van der Waals surface area contributed by atoms with Gasteiger partial charge in [0.25, 0.3) is 0 Å². The van der Waals surface area contributed by atoms with Crippen LogP contribution in [0.3, 0.4) is 0 Å². The number of nitrogens with two attached hydrogens (primary N) is 1. The van der Waals surface area contributed by atoms with E-state index in [2.05, 4.69) is 23.3 Å². The maximum absolute atomic E-state index is 5.58. The Morgan fingerprint density at radius 3 is 3.18 bits per heavy atom. The highest BCUT2D eigenvalue weighted by molar-refractivity contribution is 7.10. The highest BCUT2D eigenvalue weighted by atomic mass is 32.1. The number of fused-ring (bicyclic) bond motifs is 1. The smallest absolute Gasteiger partial charge is 0.0244 e. The van der Waals surface area contributed by atoms with Crippen LogP contribution in [0.4, 0.5) is 0 Å². The largest absolute Gasteiger partial charge is 0.330 e. The maximum atomic E-state index is 5.58. The van der Waals surface area contributed by atoms with Crippen LogP contribution in [0.2, 0.25) is 0 Å². The molecule has 0 saturated heterocycles. The summed E-state index contributed by atoms with van der Waals surface area (Å²) in [6, 6.07) is 2.29.